The van der Waals surface area contributed by atoms with Crippen LogP contribution in [-0.2, 0) is 25.9 Å². The van der Waals surface area contributed by atoms with Crippen molar-refractivity contribution in [2.75, 3.05) is 0 Å². The normalized spacial score (nSPS) is 19.6. The molecule has 5 nitrogen and oxygen atoms in total. The first-order valence-corrected chi connectivity index (χ1v) is 8.94. The first-order chi connectivity index (χ1) is 12.3. The summed E-state index contributed by atoms with van der Waals surface area (Å²) in [6.07, 6.45) is 6.81. The number of aromatic nitrogens is 4. The van der Waals surface area contributed by atoms with Crippen molar-refractivity contribution in [3.8, 4) is 11.4 Å². The smallest absolute Gasteiger partial charge is 0.138 e. The third kappa shape index (κ3) is 2.55. The van der Waals surface area contributed by atoms with Crippen LogP contribution in [0.4, 0.5) is 0 Å². The Bertz CT molecular complexity index is 904. The summed E-state index contributed by atoms with van der Waals surface area (Å²) in [6.45, 7) is 3.98. The Kier molecular flexibility index (Phi) is 3.41. The molecule has 5 heteroatoms. The zero-order chi connectivity index (χ0) is 16.8. The second-order valence-electron chi connectivity index (χ2n) is 7.08. The molecule has 0 amide bonds. The van der Waals surface area contributed by atoms with Crippen LogP contribution in [-0.4, -0.2) is 30.9 Å². The molecule has 1 aliphatic carbocycles. The Hall–Kier alpha value is -2.53. The van der Waals surface area contributed by atoms with Gasteiger partial charge in [0.15, 0.2) is 0 Å². The van der Waals surface area contributed by atoms with Crippen LogP contribution in [0.5, 0.6) is 0 Å². The van der Waals surface area contributed by atoms with Gasteiger partial charge in [-0.3, -0.25) is 14.9 Å². The zero-order valence-electron chi connectivity index (χ0n) is 14.4. The molecule has 3 heterocycles. The van der Waals surface area contributed by atoms with E-state index in [0.717, 1.165) is 49.6 Å². The molecule has 0 spiro atoms. The summed E-state index contributed by atoms with van der Waals surface area (Å²) >= 11 is 0. The zero-order valence-corrected chi connectivity index (χ0v) is 14.4. The van der Waals surface area contributed by atoms with Gasteiger partial charge in [0, 0.05) is 49.2 Å². The maximum atomic E-state index is 4.88. The molecule has 0 radical (unpaired) electrons. The highest BCUT2D eigenvalue weighted by Gasteiger charge is 2.31. The van der Waals surface area contributed by atoms with Gasteiger partial charge in [-0.05, 0) is 25.3 Å². The quantitative estimate of drug-likeness (QED) is 0.784. The number of hydrogen-bond acceptors (Lipinski definition) is 4. The van der Waals surface area contributed by atoms with Gasteiger partial charge in [-0.1, -0.05) is 24.3 Å². The number of H-pyrrole nitrogens is 1. The summed E-state index contributed by atoms with van der Waals surface area (Å²) in [7, 11) is 0. The predicted molar refractivity (Wildman–Crippen MR) is 95.9 cm³/mol. The van der Waals surface area contributed by atoms with E-state index in [2.05, 4.69) is 51.0 Å². The van der Waals surface area contributed by atoms with Crippen molar-refractivity contribution in [3.63, 3.8) is 0 Å². The Morgan fingerprint density at radius 2 is 1.80 bits per heavy atom. The lowest BCUT2D eigenvalue weighted by atomic mass is 9.95. The van der Waals surface area contributed by atoms with E-state index in [4.69, 9.17) is 4.98 Å². The van der Waals surface area contributed by atoms with E-state index in [1.54, 1.807) is 12.4 Å². The maximum absolute atomic E-state index is 4.88. The predicted octanol–water partition coefficient (Wildman–Crippen LogP) is 3.05. The number of nitrogens with one attached hydrogen (secondary N) is 1. The van der Waals surface area contributed by atoms with Crippen molar-refractivity contribution in [1.82, 2.24) is 24.8 Å². The van der Waals surface area contributed by atoms with E-state index in [1.807, 2.05) is 0 Å². The molecule has 126 valence electrons. The number of aryl methyl sites for hydroxylation is 2. The number of fused-ring (bicyclic) bond motifs is 2. The number of rotatable bonds is 2. The van der Waals surface area contributed by atoms with Crippen molar-refractivity contribution in [2.45, 2.75) is 45.3 Å². The van der Waals surface area contributed by atoms with E-state index in [0.29, 0.717) is 6.04 Å². The lowest BCUT2D eigenvalue weighted by Crippen LogP contribution is -2.35. The van der Waals surface area contributed by atoms with Crippen molar-refractivity contribution < 1.29 is 0 Å². The van der Waals surface area contributed by atoms with Crippen molar-refractivity contribution >= 4 is 0 Å². The summed E-state index contributed by atoms with van der Waals surface area (Å²) in [5, 5.41) is 0. The molecule has 2 aliphatic rings. The molecule has 1 N–H and O–H groups in total. The Morgan fingerprint density at radius 1 is 1.04 bits per heavy atom. The molecular weight excluding hydrogens is 310 g/mol. The van der Waals surface area contributed by atoms with Crippen LogP contribution in [0.3, 0.4) is 0 Å². The van der Waals surface area contributed by atoms with Crippen LogP contribution < -0.4 is 0 Å². The number of hydrogen-bond donors (Lipinski definition) is 1. The standard InChI is InChI=1S/C20H21N5/c1-13-4-2-3-5-15(13)20-23-16-7-6-14(10-17(16)24-20)25-11-18-19(12-25)22-9-8-21-18/h2-5,8-9,14H,6-7,10-12H2,1H3,(H,23,24). The van der Waals surface area contributed by atoms with Gasteiger partial charge in [0.1, 0.15) is 5.82 Å². The Balaban J connectivity index is 1.38. The van der Waals surface area contributed by atoms with E-state index < -0.39 is 0 Å². The summed E-state index contributed by atoms with van der Waals surface area (Å²) < 4.78 is 0. The lowest BCUT2D eigenvalue weighted by molar-refractivity contribution is 0.178. The minimum atomic E-state index is 0.536. The molecule has 1 atom stereocenters. The first-order valence-electron chi connectivity index (χ1n) is 8.94. The topological polar surface area (TPSA) is 57.7 Å². The highest BCUT2D eigenvalue weighted by Crippen LogP contribution is 2.31. The molecule has 0 saturated heterocycles. The van der Waals surface area contributed by atoms with Crippen LogP contribution in [0, 0.1) is 6.92 Å². The van der Waals surface area contributed by atoms with Crippen molar-refractivity contribution in [2.24, 2.45) is 0 Å². The van der Waals surface area contributed by atoms with Gasteiger partial charge in [0.25, 0.3) is 0 Å². The van der Waals surface area contributed by atoms with Crippen molar-refractivity contribution in [1.29, 1.82) is 0 Å². The van der Waals surface area contributed by atoms with Crippen LogP contribution >= 0.6 is 0 Å². The van der Waals surface area contributed by atoms with Crippen LogP contribution in [0.15, 0.2) is 36.7 Å². The molecule has 0 bridgehead atoms. The van der Waals surface area contributed by atoms with Crippen LogP contribution in [0.2, 0.25) is 0 Å². The largest absolute Gasteiger partial charge is 0.342 e. The van der Waals surface area contributed by atoms with Crippen LogP contribution in [0.25, 0.3) is 11.4 Å². The van der Waals surface area contributed by atoms with Crippen LogP contribution in [0.1, 0.15) is 34.8 Å². The second kappa shape index (κ2) is 5.77. The molecule has 1 aliphatic heterocycles. The van der Waals surface area contributed by atoms with Gasteiger partial charge in [-0.15, -0.1) is 0 Å². The van der Waals surface area contributed by atoms with Gasteiger partial charge >= 0.3 is 0 Å². The van der Waals surface area contributed by atoms with E-state index >= 15 is 0 Å². The number of aromatic amines is 1. The molecule has 3 aromatic rings. The molecule has 0 fully saturated rings. The fourth-order valence-electron chi connectivity index (χ4n) is 4.10. The molecule has 25 heavy (non-hydrogen) atoms. The second-order valence-corrected chi connectivity index (χ2v) is 7.08. The minimum Gasteiger partial charge on any atom is -0.342 e. The fourth-order valence-corrected chi connectivity index (χ4v) is 4.10. The third-order valence-corrected chi connectivity index (χ3v) is 5.50. The summed E-state index contributed by atoms with van der Waals surface area (Å²) in [5.41, 5.74) is 7.28. The Labute approximate surface area is 147 Å². The third-order valence-electron chi connectivity index (χ3n) is 5.50. The lowest BCUT2D eigenvalue weighted by Gasteiger charge is -2.29. The van der Waals surface area contributed by atoms with Gasteiger partial charge in [-0.2, -0.15) is 0 Å². The highest BCUT2D eigenvalue weighted by atomic mass is 15.2. The number of imidazole rings is 1. The number of benzene rings is 1. The van der Waals surface area contributed by atoms with E-state index in [-0.39, 0.29) is 0 Å². The van der Waals surface area contributed by atoms with Crippen molar-refractivity contribution in [3.05, 3.63) is 65.0 Å². The first kappa shape index (κ1) is 14.8. The van der Waals surface area contributed by atoms with Gasteiger partial charge in [0.05, 0.1) is 17.1 Å². The number of nitrogens with zero attached hydrogens (tertiary/aromatic N) is 4. The molecule has 1 aromatic carbocycles. The Morgan fingerprint density at radius 3 is 2.56 bits per heavy atom. The maximum Gasteiger partial charge on any atom is 0.138 e. The monoisotopic (exact) mass is 331 g/mol. The molecule has 1 unspecified atom stereocenters. The molecule has 5 rings (SSSR count). The molecular formula is C20H21N5. The van der Waals surface area contributed by atoms with Gasteiger partial charge < -0.3 is 4.98 Å². The van der Waals surface area contributed by atoms with E-state index in [9.17, 15) is 0 Å². The highest BCUT2D eigenvalue weighted by molar-refractivity contribution is 5.60. The minimum absolute atomic E-state index is 0.536. The summed E-state index contributed by atoms with van der Waals surface area (Å²) in [6, 6.07) is 8.97. The molecule has 2 aromatic heterocycles. The van der Waals surface area contributed by atoms with Gasteiger partial charge in [-0.25, -0.2) is 4.98 Å². The van der Waals surface area contributed by atoms with E-state index in [1.165, 1.54) is 22.5 Å². The van der Waals surface area contributed by atoms with Gasteiger partial charge in [0.2, 0.25) is 0 Å². The average molecular weight is 331 g/mol. The SMILES string of the molecule is Cc1ccccc1-c1nc2c([nH]1)CC(N1Cc3nccnc3C1)CC2. The summed E-state index contributed by atoms with van der Waals surface area (Å²) in [4.78, 5) is 20.0. The average Bonchev–Trinajstić information content (AvgIpc) is 3.25. The fraction of sp³-hybridized carbons (Fsp3) is 0.350. The summed E-state index contributed by atoms with van der Waals surface area (Å²) in [5.74, 6) is 1.01. The molecule has 0 saturated carbocycles.